The van der Waals surface area contributed by atoms with Crippen molar-refractivity contribution in [2.45, 2.75) is 16.3 Å². The molecule has 0 bridgehead atoms. The minimum atomic E-state index is -3.82. The van der Waals surface area contributed by atoms with Gasteiger partial charge in [0, 0.05) is 27.1 Å². The quantitative estimate of drug-likeness (QED) is 0.367. The first kappa shape index (κ1) is 21.7. The first-order valence-corrected chi connectivity index (χ1v) is 11.7. The molecule has 0 saturated carbocycles. The van der Waals surface area contributed by atoms with E-state index in [9.17, 15) is 13.2 Å². The Hall–Kier alpha value is -2.51. The molecule has 1 heterocycles. The Morgan fingerprint density at radius 2 is 1.58 bits per heavy atom. The molecule has 1 aromatic heterocycles. The first-order valence-electron chi connectivity index (χ1n) is 9.09. The van der Waals surface area contributed by atoms with Crippen molar-refractivity contribution in [1.82, 2.24) is 4.57 Å². The lowest BCUT2D eigenvalue weighted by atomic mass is 10.2. The SMILES string of the molecule is O=C(Cn1cc(S(=O)(=O)c2ccc(Cl)cc2)c2ccccc21)Nc1cc(Cl)ccc1Cl. The van der Waals surface area contributed by atoms with Gasteiger partial charge in [0.05, 0.1) is 20.5 Å². The van der Waals surface area contributed by atoms with Crippen molar-refractivity contribution < 1.29 is 13.2 Å². The monoisotopic (exact) mass is 492 g/mol. The van der Waals surface area contributed by atoms with Gasteiger partial charge in [0.2, 0.25) is 15.7 Å². The molecule has 0 atom stereocenters. The number of hydrogen-bond donors (Lipinski definition) is 1. The Morgan fingerprint density at radius 1 is 0.903 bits per heavy atom. The second-order valence-corrected chi connectivity index (χ2v) is 9.97. The summed E-state index contributed by atoms with van der Waals surface area (Å²) in [4.78, 5) is 12.9. The summed E-state index contributed by atoms with van der Waals surface area (Å²) in [6.07, 6.45) is 1.47. The summed E-state index contributed by atoms with van der Waals surface area (Å²) in [7, 11) is -3.82. The number of nitrogens with one attached hydrogen (secondary N) is 1. The highest BCUT2D eigenvalue weighted by Gasteiger charge is 2.24. The van der Waals surface area contributed by atoms with Crippen LogP contribution in [0.2, 0.25) is 15.1 Å². The third kappa shape index (κ3) is 4.43. The van der Waals surface area contributed by atoms with Gasteiger partial charge in [0.1, 0.15) is 6.54 Å². The normalized spacial score (nSPS) is 11.6. The number of carbonyl (C=O) groups is 1. The van der Waals surface area contributed by atoms with Crippen molar-refractivity contribution >= 4 is 67.1 Å². The summed E-state index contributed by atoms with van der Waals surface area (Å²) < 4.78 is 28.1. The van der Waals surface area contributed by atoms with Crippen molar-refractivity contribution in [3.63, 3.8) is 0 Å². The fourth-order valence-corrected chi connectivity index (χ4v) is 5.18. The number of halogens is 3. The van der Waals surface area contributed by atoms with Crippen LogP contribution in [-0.2, 0) is 21.2 Å². The largest absolute Gasteiger partial charge is 0.337 e. The van der Waals surface area contributed by atoms with E-state index >= 15 is 0 Å². The number of rotatable bonds is 5. The van der Waals surface area contributed by atoms with Gasteiger partial charge in [-0.25, -0.2) is 8.42 Å². The highest BCUT2D eigenvalue weighted by Crippen LogP contribution is 2.31. The maximum atomic E-state index is 13.2. The lowest BCUT2D eigenvalue weighted by Gasteiger charge is -2.09. The van der Waals surface area contributed by atoms with Gasteiger partial charge < -0.3 is 9.88 Å². The van der Waals surface area contributed by atoms with E-state index in [4.69, 9.17) is 34.8 Å². The fourth-order valence-electron chi connectivity index (χ4n) is 3.24. The van der Waals surface area contributed by atoms with Crippen LogP contribution < -0.4 is 5.32 Å². The fraction of sp³-hybridized carbons (Fsp3) is 0.0455. The van der Waals surface area contributed by atoms with E-state index in [1.807, 2.05) is 0 Å². The zero-order chi connectivity index (χ0) is 22.2. The van der Waals surface area contributed by atoms with Gasteiger partial charge >= 0.3 is 0 Å². The van der Waals surface area contributed by atoms with E-state index in [2.05, 4.69) is 5.32 Å². The van der Waals surface area contributed by atoms with Crippen molar-refractivity contribution in [1.29, 1.82) is 0 Å². The van der Waals surface area contributed by atoms with Crippen molar-refractivity contribution in [2.75, 3.05) is 5.32 Å². The Kier molecular flexibility index (Phi) is 5.99. The van der Waals surface area contributed by atoms with Crippen LogP contribution in [0.4, 0.5) is 5.69 Å². The number of sulfone groups is 1. The molecule has 0 spiro atoms. The molecule has 4 rings (SSSR count). The molecule has 0 aliphatic heterocycles. The second kappa shape index (κ2) is 8.55. The summed E-state index contributed by atoms with van der Waals surface area (Å²) >= 11 is 18.0. The molecule has 3 aromatic carbocycles. The van der Waals surface area contributed by atoms with Crippen LogP contribution >= 0.6 is 34.8 Å². The van der Waals surface area contributed by atoms with Crippen LogP contribution in [-0.4, -0.2) is 18.9 Å². The second-order valence-electron chi connectivity index (χ2n) is 6.77. The number of anilines is 1. The predicted octanol–water partition coefficient (Wildman–Crippen LogP) is 6.07. The number of hydrogen-bond acceptors (Lipinski definition) is 3. The molecule has 0 fully saturated rings. The zero-order valence-electron chi connectivity index (χ0n) is 15.8. The molecule has 0 saturated heterocycles. The molecule has 0 aliphatic rings. The van der Waals surface area contributed by atoms with Crippen LogP contribution in [0, 0.1) is 0 Å². The molecule has 0 aliphatic carbocycles. The molecule has 1 amide bonds. The van der Waals surface area contributed by atoms with Crippen LogP contribution in [0.3, 0.4) is 0 Å². The number of fused-ring (bicyclic) bond motifs is 1. The lowest BCUT2D eigenvalue weighted by Crippen LogP contribution is -2.18. The lowest BCUT2D eigenvalue weighted by molar-refractivity contribution is -0.116. The van der Waals surface area contributed by atoms with Crippen molar-refractivity contribution in [3.8, 4) is 0 Å². The molecule has 0 radical (unpaired) electrons. The van der Waals surface area contributed by atoms with E-state index in [-0.39, 0.29) is 22.2 Å². The average Bonchev–Trinajstić information content (AvgIpc) is 3.10. The summed E-state index contributed by atoms with van der Waals surface area (Å²) in [5.41, 5.74) is 0.993. The number of nitrogens with zero attached hydrogens (tertiary/aromatic N) is 1. The Balaban J connectivity index is 1.71. The van der Waals surface area contributed by atoms with E-state index < -0.39 is 9.84 Å². The number of amides is 1. The molecule has 4 aromatic rings. The molecule has 31 heavy (non-hydrogen) atoms. The first-order chi connectivity index (χ1) is 14.8. The van der Waals surface area contributed by atoms with Gasteiger partial charge in [0.25, 0.3) is 0 Å². The summed E-state index contributed by atoms with van der Waals surface area (Å²) in [6.45, 7) is -0.112. The Bertz CT molecular complexity index is 1400. The smallest absolute Gasteiger partial charge is 0.244 e. The third-order valence-corrected chi connectivity index (χ3v) is 7.30. The van der Waals surface area contributed by atoms with E-state index in [1.54, 1.807) is 47.0 Å². The van der Waals surface area contributed by atoms with Gasteiger partial charge in [-0.05, 0) is 48.5 Å². The van der Waals surface area contributed by atoms with E-state index in [0.29, 0.717) is 31.7 Å². The minimum absolute atomic E-state index is 0.110. The van der Waals surface area contributed by atoms with Crippen LogP contribution in [0.1, 0.15) is 0 Å². The van der Waals surface area contributed by atoms with Gasteiger partial charge in [-0.2, -0.15) is 0 Å². The summed E-state index contributed by atoms with van der Waals surface area (Å²) in [6, 6.07) is 17.7. The van der Waals surface area contributed by atoms with Gasteiger partial charge in [0.15, 0.2) is 0 Å². The van der Waals surface area contributed by atoms with Gasteiger partial charge in [-0.1, -0.05) is 53.0 Å². The predicted molar refractivity (Wildman–Crippen MR) is 124 cm³/mol. The molecule has 9 heteroatoms. The number of para-hydroxylation sites is 1. The van der Waals surface area contributed by atoms with E-state index in [0.717, 1.165) is 0 Å². The number of aromatic nitrogens is 1. The Labute approximate surface area is 194 Å². The van der Waals surface area contributed by atoms with Crippen LogP contribution in [0.15, 0.2) is 82.7 Å². The highest BCUT2D eigenvalue weighted by molar-refractivity contribution is 7.91. The maximum absolute atomic E-state index is 13.2. The van der Waals surface area contributed by atoms with Gasteiger partial charge in [-0.3, -0.25) is 4.79 Å². The maximum Gasteiger partial charge on any atom is 0.244 e. The molecule has 5 nitrogen and oxygen atoms in total. The molecular weight excluding hydrogens is 479 g/mol. The number of carbonyl (C=O) groups excluding carboxylic acids is 1. The molecule has 158 valence electrons. The average molecular weight is 494 g/mol. The molecular formula is C22H15Cl3N2O3S. The summed E-state index contributed by atoms with van der Waals surface area (Å²) in [5.74, 6) is -0.375. The van der Waals surface area contributed by atoms with Gasteiger partial charge in [-0.15, -0.1) is 0 Å². The summed E-state index contributed by atoms with van der Waals surface area (Å²) in [5, 5.41) is 4.45. The minimum Gasteiger partial charge on any atom is -0.337 e. The van der Waals surface area contributed by atoms with Crippen molar-refractivity contribution in [3.05, 3.63) is 88.0 Å². The van der Waals surface area contributed by atoms with Crippen LogP contribution in [0.5, 0.6) is 0 Å². The highest BCUT2D eigenvalue weighted by atomic mass is 35.5. The standard InChI is InChI=1S/C22H15Cl3N2O3S/c23-14-5-8-16(9-6-14)31(29,30)21-12-27(20-4-2-1-3-17(20)21)13-22(28)26-19-11-15(24)7-10-18(19)25/h1-12H,13H2,(H,26,28). The molecule has 0 unspecified atom stereocenters. The number of benzene rings is 3. The third-order valence-electron chi connectivity index (χ3n) is 4.68. The molecule has 1 N–H and O–H groups in total. The topological polar surface area (TPSA) is 68.2 Å². The zero-order valence-corrected chi connectivity index (χ0v) is 18.9. The van der Waals surface area contributed by atoms with Crippen LogP contribution in [0.25, 0.3) is 10.9 Å². The Morgan fingerprint density at radius 3 is 2.32 bits per heavy atom. The van der Waals surface area contributed by atoms with E-state index in [1.165, 1.54) is 30.5 Å². The van der Waals surface area contributed by atoms with Crippen molar-refractivity contribution in [2.24, 2.45) is 0 Å².